The maximum atomic E-state index is 13.7. The molecular weight excluding hydrogens is 293 g/mol. The van der Waals surface area contributed by atoms with Crippen LogP contribution in [-0.4, -0.2) is 55.4 Å². The van der Waals surface area contributed by atoms with Crippen molar-refractivity contribution in [3.63, 3.8) is 0 Å². The molecule has 0 fully saturated rings. The molecule has 2 aromatic rings. The van der Waals surface area contributed by atoms with E-state index in [1.807, 2.05) is 18.7 Å². The summed E-state index contributed by atoms with van der Waals surface area (Å²) >= 11 is 5.28. The lowest BCUT2D eigenvalue weighted by Gasteiger charge is -2.10. The second-order valence-corrected chi connectivity index (χ2v) is 5.39. The molecule has 1 aromatic heterocycles. The molecule has 0 bridgehead atoms. The molecule has 0 saturated carbocycles. The standard InChI is InChI=1S/C14H20FN3O2S/c1-17(2)4-6-20-7-5-18-12-9-13(19-3)10(15)8-11(12)16-14(18)21/h8-9H,4-7H2,1-3H3,(H,16,21). The molecule has 0 aliphatic heterocycles. The predicted octanol–water partition coefficient (Wildman–Crippen LogP) is 2.42. The van der Waals surface area contributed by atoms with E-state index in [2.05, 4.69) is 9.88 Å². The molecule has 1 heterocycles. The third kappa shape index (κ3) is 3.81. The van der Waals surface area contributed by atoms with Crippen LogP contribution in [0.2, 0.25) is 0 Å². The molecule has 0 spiro atoms. The number of methoxy groups -OCH3 is 1. The highest BCUT2D eigenvalue weighted by Gasteiger charge is 2.10. The Morgan fingerprint density at radius 3 is 2.76 bits per heavy atom. The van der Waals surface area contributed by atoms with Gasteiger partial charge in [-0.2, -0.15) is 0 Å². The topological polar surface area (TPSA) is 42.4 Å². The smallest absolute Gasteiger partial charge is 0.178 e. The van der Waals surface area contributed by atoms with Crippen molar-refractivity contribution in [1.29, 1.82) is 0 Å². The van der Waals surface area contributed by atoms with Gasteiger partial charge in [0.25, 0.3) is 0 Å². The number of likely N-dealkylation sites (N-methyl/N-ethyl adjacent to an activating group) is 1. The van der Waals surface area contributed by atoms with Crippen LogP contribution >= 0.6 is 12.2 Å². The second kappa shape index (κ2) is 7.02. The van der Waals surface area contributed by atoms with Gasteiger partial charge in [-0.1, -0.05) is 0 Å². The van der Waals surface area contributed by atoms with Crippen molar-refractivity contribution < 1.29 is 13.9 Å². The molecule has 0 atom stereocenters. The second-order valence-electron chi connectivity index (χ2n) is 5.00. The average Bonchev–Trinajstić information content (AvgIpc) is 2.72. The first kappa shape index (κ1) is 15.9. The molecule has 0 saturated heterocycles. The lowest BCUT2D eigenvalue weighted by atomic mass is 10.3. The van der Waals surface area contributed by atoms with E-state index >= 15 is 0 Å². The van der Waals surface area contributed by atoms with Crippen molar-refractivity contribution in [2.45, 2.75) is 6.54 Å². The number of rotatable bonds is 7. The molecule has 21 heavy (non-hydrogen) atoms. The van der Waals surface area contributed by atoms with Gasteiger partial charge in [-0.3, -0.25) is 0 Å². The van der Waals surface area contributed by atoms with E-state index in [1.165, 1.54) is 13.2 Å². The number of ether oxygens (including phenoxy) is 2. The summed E-state index contributed by atoms with van der Waals surface area (Å²) in [6, 6.07) is 3.05. The van der Waals surface area contributed by atoms with Crippen LogP contribution in [0.3, 0.4) is 0 Å². The van der Waals surface area contributed by atoms with Gasteiger partial charge in [-0.15, -0.1) is 0 Å². The molecule has 2 rings (SSSR count). The lowest BCUT2D eigenvalue weighted by Crippen LogP contribution is -2.19. The number of H-pyrrole nitrogens is 1. The number of aromatic nitrogens is 2. The maximum absolute atomic E-state index is 13.7. The van der Waals surface area contributed by atoms with E-state index in [4.69, 9.17) is 21.7 Å². The molecule has 0 aliphatic carbocycles. The zero-order valence-electron chi connectivity index (χ0n) is 12.5. The van der Waals surface area contributed by atoms with Crippen molar-refractivity contribution in [2.24, 2.45) is 0 Å². The van der Waals surface area contributed by atoms with E-state index in [-0.39, 0.29) is 5.75 Å². The Labute approximate surface area is 128 Å². The summed E-state index contributed by atoms with van der Waals surface area (Å²) in [5.74, 6) is -0.200. The van der Waals surface area contributed by atoms with Crippen molar-refractivity contribution in [1.82, 2.24) is 14.5 Å². The van der Waals surface area contributed by atoms with Crippen LogP contribution in [0.25, 0.3) is 11.0 Å². The highest BCUT2D eigenvalue weighted by molar-refractivity contribution is 7.71. The number of imidazole rings is 1. The Hall–Kier alpha value is -1.44. The normalized spacial score (nSPS) is 11.5. The quantitative estimate of drug-likeness (QED) is 0.630. The molecule has 7 heteroatoms. The minimum absolute atomic E-state index is 0.207. The van der Waals surface area contributed by atoms with Gasteiger partial charge in [-0.25, -0.2) is 4.39 Å². The number of aromatic amines is 1. The summed E-state index contributed by atoms with van der Waals surface area (Å²) < 4.78 is 26.7. The van der Waals surface area contributed by atoms with Gasteiger partial charge in [0, 0.05) is 25.2 Å². The molecule has 0 aliphatic rings. The molecular formula is C14H20FN3O2S. The van der Waals surface area contributed by atoms with Crippen molar-refractivity contribution in [3.8, 4) is 5.75 Å². The highest BCUT2D eigenvalue weighted by atomic mass is 32.1. The molecule has 0 radical (unpaired) electrons. The molecule has 5 nitrogen and oxygen atoms in total. The summed E-state index contributed by atoms with van der Waals surface area (Å²) in [5.41, 5.74) is 1.47. The third-order valence-electron chi connectivity index (χ3n) is 3.19. The van der Waals surface area contributed by atoms with Crippen LogP contribution in [0, 0.1) is 10.6 Å². The Kier molecular flexibility index (Phi) is 5.33. The van der Waals surface area contributed by atoms with Gasteiger partial charge in [0.1, 0.15) is 0 Å². The number of hydrogen-bond donors (Lipinski definition) is 1. The largest absolute Gasteiger partial charge is 0.494 e. The van der Waals surface area contributed by atoms with E-state index in [0.717, 1.165) is 12.1 Å². The number of nitrogens with one attached hydrogen (secondary N) is 1. The summed E-state index contributed by atoms with van der Waals surface area (Å²) in [4.78, 5) is 5.06. The number of nitrogens with zero attached hydrogens (tertiary/aromatic N) is 2. The Balaban J connectivity index is 2.12. The monoisotopic (exact) mass is 313 g/mol. The number of fused-ring (bicyclic) bond motifs is 1. The van der Waals surface area contributed by atoms with Crippen molar-refractivity contribution in [3.05, 3.63) is 22.7 Å². The van der Waals surface area contributed by atoms with E-state index in [9.17, 15) is 4.39 Å². The van der Waals surface area contributed by atoms with Crippen LogP contribution in [0.4, 0.5) is 4.39 Å². The minimum Gasteiger partial charge on any atom is -0.494 e. The predicted molar refractivity (Wildman–Crippen MR) is 83.0 cm³/mol. The van der Waals surface area contributed by atoms with Gasteiger partial charge in [0.2, 0.25) is 0 Å². The molecule has 0 unspecified atom stereocenters. The Morgan fingerprint density at radius 1 is 1.33 bits per heavy atom. The number of halogens is 1. The highest BCUT2D eigenvalue weighted by Crippen LogP contribution is 2.24. The first-order valence-corrected chi connectivity index (χ1v) is 7.12. The van der Waals surface area contributed by atoms with Gasteiger partial charge in [0.05, 0.1) is 31.4 Å². The van der Waals surface area contributed by atoms with Crippen molar-refractivity contribution >= 4 is 23.3 Å². The fourth-order valence-corrected chi connectivity index (χ4v) is 2.34. The third-order valence-corrected chi connectivity index (χ3v) is 3.51. The van der Waals surface area contributed by atoms with Gasteiger partial charge in [-0.05, 0) is 26.3 Å². The summed E-state index contributed by atoms with van der Waals surface area (Å²) in [6.45, 7) is 2.70. The van der Waals surface area contributed by atoms with Gasteiger partial charge >= 0.3 is 0 Å². The van der Waals surface area contributed by atoms with Crippen LogP contribution in [-0.2, 0) is 11.3 Å². The first-order valence-electron chi connectivity index (χ1n) is 6.71. The van der Waals surface area contributed by atoms with Crippen LogP contribution in [0.1, 0.15) is 0 Å². The van der Waals surface area contributed by atoms with Crippen LogP contribution in [0.5, 0.6) is 5.75 Å². The van der Waals surface area contributed by atoms with E-state index < -0.39 is 5.82 Å². The molecule has 1 aromatic carbocycles. The van der Waals surface area contributed by atoms with Crippen LogP contribution in [0.15, 0.2) is 12.1 Å². The van der Waals surface area contributed by atoms with Gasteiger partial charge < -0.3 is 23.9 Å². The fraction of sp³-hybridized carbons (Fsp3) is 0.500. The summed E-state index contributed by atoms with van der Waals surface area (Å²) in [6.07, 6.45) is 0. The fourth-order valence-electron chi connectivity index (χ4n) is 2.04. The molecule has 116 valence electrons. The number of hydrogen-bond acceptors (Lipinski definition) is 4. The number of benzene rings is 1. The van der Waals surface area contributed by atoms with Gasteiger partial charge in [0.15, 0.2) is 16.3 Å². The zero-order chi connectivity index (χ0) is 15.4. The first-order chi connectivity index (χ1) is 10.0. The Morgan fingerprint density at radius 2 is 2.10 bits per heavy atom. The SMILES string of the molecule is COc1cc2c(cc1F)[nH]c(=S)n2CCOCCN(C)C. The summed E-state index contributed by atoms with van der Waals surface area (Å²) in [7, 11) is 5.44. The van der Waals surface area contributed by atoms with E-state index in [1.54, 1.807) is 6.07 Å². The lowest BCUT2D eigenvalue weighted by molar-refractivity contribution is 0.111. The zero-order valence-corrected chi connectivity index (χ0v) is 13.3. The molecule has 0 amide bonds. The van der Waals surface area contributed by atoms with Crippen LogP contribution < -0.4 is 4.74 Å². The summed E-state index contributed by atoms with van der Waals surface area (Å²) in [5, 5.41) is 0. The maximum Gasteiger partial charge on any atom is 0.178 e. The van der Waals surface area contributed by atoms with E-state index in [0.29, 0.717) is 30.0 Å². The van der Waals surface area contributed by atoms with Crippen molar-refractivity contribution in [2.75, 3.05) is 41.0 Å². The average molecular weight is 313 g/mol. The molecule has 1 N–H and O–H groups in total. The Bertz CT molecular complexity index is 666. The minimum atomic E-state index is -0.407.